The van der Waals surface area contributed by atoms with Gasteiger partial charge in [0.05, 0.1) is 6.04 Å². The van der Waals surface area contributed by atoms with Gasteiger partial charge in [-0.15, -0.1) is 0 Å². The Morgan fingerprint density at radius 3 is 2.22 bits per heavy atom. The molecule has 2 saturated heterocycles. The Bertz CT molecular complexity index is 253. The zero-order valence-corrected chi connectivity index (χ0v) is 11.3. The van der Waals surface area contributed by atoms with E-state index < -0.39 is 0 Å². The highest BCUT2D eigenvalue weighted by atomic mass is 16.5. The van der Waals surface area contributed by atoms with E-state index in [-0.39, 0.29) is 11.9 Å². The van der Waals surface area contributed by atoms with E-state index in [1.54, 1.807) is 0 Å². The fourth-order valence-electron chi connectivity index (χ4n) is 2.96. The summed E-state index contributed by atoms with van der Waals surface area (Å²) in [4.78, 5) is 14.4. The zero-order valence-electron chi connectivity index (χ0n) is 11.3. The van der Waals surface area contributed by atoms with Crippen molar-refractivity contribution in [2.24, 2.45) is 11.7 Å². The van der Waals surface area contributed by atoms with Crippen molar-refractivity contribution in [1.29, 1.82) is 0 Å². The standard InChI is InChI=1S/C14H26N2O2/c15-13(12-6-10-18-11-7-12)14(17)16-8-4-2-1-3-5-9-16/h12-13H,1-11,15H2. The molecule has 104 valence electrons. The Morgan fingerprint density at radius 1 is 1.06 bits per heavy atom. The number of nitrogens with zero attached hydrogens (tertiary/aromatic N) is 1. The van der Waals surface area contributed by atoms with Gasteiger partial charge < -0.3 is 15.4 Å². The molecule has 2 heterocycles. The van der Waals surface area contributed by atoms with Crippen molar-refractivity contribution in [3.8, 4) is 0 Å². The Kier molecular flexibility index (Phi) is 5.45. The largest absolute Gasteiger partial charge is 0.381 e. The Hall–Kier alpha value is -0.610. The molecule has 0 bridgehead atoms. The van der Waals surface area contributed by atoms with Crippen molar-refractivity contribution in [3.63, 3.8) is 0 Å². The second-order valence-electron chi connectivity index (χ2n) is 5.57. The van der Waals surface area contributed by atoms with Gasteiger partial charge in [-0.25, -0.2) is 0 Å². The predicted octanol–water partition coefficient (Wildman–Crippen LogP) is 1.53. The van der Waals surface area contributed by atoms with Crippen LogP contribution in [0.3, 0.4) is 0 Å². The molecule has 4 nitrogen and oxygen atoms in total. The molecule has 2 rings (SSSR count). The summed E-state index contributed by atoms with van der Waals surface area (Å²) in [5.41, 5.74) is 6.17. The van der Waals surface area contributed by atoms with Crippen LogP contribution >= 0.6 is 0 Å². The van der Waals surface area contributed by atoms with Gasteiger partial charge in [-0.05, 0) is 31.6 Å². The van der Waals surface area contributed by atoms with Crippen LogP contribution in [0.4, 0.5) is 0 Å². The molecule has 0 aliphatic carbocycles. The summed E-state index contributed by atoms with van der Waals surface area (Å²) in [6, 6.07) is -0.312. The second-order valence-corrected chi connectivity index (χ2v) is 5.57. The van der Waals surface area contributed by atoms with Crippen molar-refractivity contribution in [3.05, 3.63) is 0 Å². The lowest BCUT2D eigenvalue weighted by Crippen LogP contribution is -2.49. The van der Waals surface area contributed by atoms with E-state index in [9.17, 15) is 4.79 Å². The quantitative estimate of drug-likeness (QED) is 0.813. The highest BCUT2D eigenvalue weighted by Crippen LogP contribution is 2.20. The van der Waals surface area contributed by atoms with Crippen molar-refractivity contribution in [1.82, 2.24) is 4.90 Å². The van der Waals surface area contributed by atoms with Crippen LogP contribution in [0.15, 0.2) is 0 Å². The molecular formula is C14H26N2O2. The van der Waals surface area contributed by atoms with Gasteiger partial charge in [0, 0.05) is 26.3 Å². The van der Waals surface area contributed by atoms with Crippen molar-refractivity contribution >= 4 is 5.91 Å². The van der Waals surface area contributed by atoms with E-state index in [0.29, 0.717) is 5.92 Å². The first-order chi connectivity index (χ1) is 8.79. The van der Waals surface area contributed by atoms with E-state index in [1.807, 2.05) is 4.90 Å². The first-order valence-corrected chi connectivity index (χ1v) is 7.41. The number of nitrogens with two attached hydrogens (primary N) is 1. The third-order valence-corrected chi connectivity index (χ3v) is 4.23. The Balaban J connectivity index is 1.87. The maximum Gasteiger partial charge on any atom is 0.239 e. The molecule has 1 amide bonds. The van der Waals surface area contributed by atoms with E-state index >= 15 is 0 Å². The fourth-order valence-corrected chi connectivity index (χ4v) is 2.96. The molecule has 1 atom stereocenters. The molecular weight excluding hydrogens is 228 g/mol. The van der Waals surface area contributed by atoms with E-state index in [2.05, 4.69) is 0 Å². The average Bonchev–Trinajstić information content (AvgIpc) is 2.38. The summed E-state index contributed by atoms with van der Waals surface area (Å²) in [6.07, 6.45) is 7.93. The summed E-state index contributed by atoms with van der Waals surface area (Å²) in [5.74, 6) is 0.487. The molecule has 4 heteroatoms. The number of rotatable bonds is 2. The van der Waals surface area contributed by atoms with Gasteiger partial charge in [-0.2, -0.15) is 0 Å². The monoisotopic (exact) mass is 254 g/mol. The number of carbonyl (C=O) groups excluding carboxylic acids is 1. The highest BCUT2D eigenvalue weighted by Gasteiger charge is 2.29. The second kappa shape index (κ2) is 7.10. The minimum Gasteiger partial charge on any atom is -0.381 e. The molecule has 2 fully saturated rings. The lowest BCUT2D eigenvalue weighted by atomic mass is 9.91. The van der Waals surface area contributed by atoms with Gasteiger partial charge in [0.25, 0.3) is 0 Å². The lowest BCUT2D eigenvalue weighted by molar-refractivity contribution is -0.135. The van der Waals surface area contributed by atoms with Crippen LogP contribution in [0.2, 0.25) is 0 Å². The minimum absolute atomic E-state index is 0.170. The summed E-state index contributed by atoms with van der Waals surface area (Å²) < 4.78 is 5.33. The fraction of sp³-hybridized carbons (Fsp3) is 0.929. The average molecular weight is 254 g/mol. The molecule has 0 spiro atoms. The van der Waals surface area contributed by atoms with Crippen LogP contribution in [-0.4, -0.2) is 43.2 Å². The lowest BCUT2D eigenvalue weighted by Gasteiger charge is -2.32. The topological polar surface area (TPSA) is 55.6 Å². The van der Waals surface area contributed by atoms with Crippen molar-refractivity contribution in [2.45, 2.75) is 51.0 Å². The molecule has 1 unspecified atom stereocenters. The molecule has 0 aromatic heterocycles. The van der Waals surface area contributed by atoms with E-state index in [0.717, 1.165) is 52.0 Å². The van der Waals surface area contributed by atoms with Gasteiger partial charge in [0.1, 0.15) is 0 Å². The summed E-state index contributed by atoms with van der Waals surface area (Å²) in [7, 11) is 0. The maximum absolute atomic E-state index is 12.4. The Morgan fingerprint density at radius 2 is 1.61 bits per heavy atom. The van der Waals surface area contributed by atoms with Crippen LogP contribution in [0.1, 0.15) is 44.9 Å². The van der Waals surface area contributed by atoms with Gasteiger partial charge in [-0.1, -0.05) is 19.3 Å². The summed E-state index contributed by atoms with van der Waals surface area (Å²) >= 11 is 0. The molecule has 0 aromatic carbocycles. The van der Waals surface area contributed by atoms with Crippen LogP contribution in [-0.2, 0) is 9.53 Å². The zero-order chi connectivity index (χ0) is 12.8. The molecule has 2 aliphatic heterocycles. The highest BCUT2D eigenvalue weighted by molar-refractivity contribution is 5.82. The predicted molar refractivity (Wildman–Crippen MR) is 71.2 cm³/mol. The number of hydrogen-bond acceptors (Lipinski definition) is 3. The smallest absolute Gasteiger partial charge is 0.239 e. The van der Waals surface area contributed by atoms with Crippen LogP contribution in [0.5, 0.6) is 0 Å². The molecule has 2 aliphatic rings. The van der Waals surface area contributed by atoms with Gasteiger partial charge in [0.15, 0.2) is 0 Å². The number of likely N-dealkylation sites (tertiary alicyclic amines) is 1. The van der Waals surface area contributed by atoms with E-state index in [1.165, 1.54) is 19.3 Å². The molecule has 0 radical (unpaired) electrons. The number of amides is 1. The molecule has 0 saturated carbocycles. The van der Waals surface area contributed by atoms with Gasteiger partial charge >= 0.3 is 0 Å². The Labute approximate surface area is 110 Å². The van der Waals surface area contributed by atoms with Crippen LogP contribution in [0.25, 0.3) is 0 Å². The van der Waals surface area contributed by atoms with Crippen molar-refractivity contribution < 1.29 is 9.53 Å². The first kappa shape index (κ1) is 13.8. The van der Waals surface area contributed by atoms with Crippen LogP contribution < -0.4 is 5.73 Å². The first-order valence-electron chi connectivity index (χ1n) is 7.41. The SMILES string of the molecule is NC(C(=O)N1CCCCCCC1)C1CCOCC1. The summed E-state index contributed by atoms with van der Waals surface area (Å²) in [5, 5.41) is 0. The van der Waals surface area contributed by atoms with Crippen molar-refractivity contribution in [2.75, 3.05) is 26.3 Å². The van der Waals surface area contributed by atoms with Gasteiger partial charge in [0.2, 0.25) is 5.91 Å². The third kappa shape index (κ3) is 3.69. The minimum atomic E-state index is -0.312. The van der Waals surface area contributed by atoms with Crippen LogP contribution in [0, 0.1) is 5.92 Å². The van der Waals surface area contributed by atoms with Gasteiger partial charge in [-0.3, -0.25) is 4.79 Å². The normalized spacial score (nSPS) is 25.3. The van der Waals surface area contributed by atoms with E-state index in [4.69, 9.17) is 10.5 Å². The third-order valence-electron chi connectivity index (χ3n) is 4.23. The molecule has 18 heavy (non-hydrogen) atoms. The number of ether oxygens (including phenoxy) is 1. The molecule has 0 aromatic rings. The maximum atomic E-state index is 12.4. The molecule has 2 N–H and O–H groups in total. The summed E-state index contributed by atoms with van der Waals surface area (Å²) in [6.45, 7) is 3.31. The number of carbonyl (C=O) groups is 1. The number of hydrogen-bond donors (Lipinski definition) is 1.